The lowest BCUT2D eigenvalue weighted by atomic mass is 9.99. The average Bonchev–Trinajstić information content (AvgIpc) is 3.98. The number of furan rings is 2. The van der Waals surface area contributed by atoms with E-state index in [1.807, 2.05) is 95.6 Å². The normalized spacial score (nSPS) is 12.1. The van der Waals surface area contributed by atoms with Crippen molar-refractivity contribution in [3.63, 3.8) is 0 Å². The molecule has 0 spiro atoms. The zero-order chi connectivity index (χ0) is 37.2. The molecule has 0 aliphatic rings. The fourth-order valence-electron chi connectivity index (χ4n) is 8.99. The van der Waals surface area contributed by atoms with Gasteiger partial charge in [-0.1, -0.05) is 97.1 Å². The van der Waals surface area contributed by atoms with Crippen LogP contribution in [0, 0.1) is 18.2 Å². The molecule has 0 saturated carbocycles. The topological polar surface area (TPSA) is 40.5 Å². The molecule has 0 fully saturated rings. The van der Waals surface area contributed by atoms with Gasteiger partial charge in [0.15, 0.2) is 11.2 Å². The molecule has 5 nitrogen and oxygen atoms in total. The molecule has 0 saturated heterocycles. The van der Waals surface area contributed by atoms with Crippen molar-refractivity contribution in [1.82, 2.24) is 9.13 Å². The molecule has 0 radical (unpaired) electrons. The lowest BCUT2D eigenvalue weighted by Gasteiger charge is -2.20. The molecular weight excluding hydrogens is 701 g/mol. The van der Waals surface area contributed by atoms with Gasteiger partial charge < -0.3 is 18.0 Å². The van der Waals surface area contributed by atoms with Crippen molar-refractivity contribution < 1.29 is 17.6 Å². The van der Waals surface area contributed by atoms with Gasteiger partial charge in [0.05, 0.1) is 45.6 Å². The van der Waals surface area contributed by atoms with E-state index in [0.717, 1.165) is 65.2 Å². The van der Waals surface area contributed by atoms with Crippen molar-refractivity contribution in [2.24, 2.45) is 0 Å². The van der Waals surface area contributed by atoms with E-state index in [4.69, 9.17) is 15.4 Å². The summed E-state index contributed by atoms with van der Waals surface area (Å²) in [7, 11) is 0. The van der Waals surface area contributed by atoms with E-state index < -0.39 is 11.6 Å². The number of nitrogens with zero attached hydrogens (tertiary/aromatic N) is 3. The van der Waals surface area contributed by atoms with Crippen LogP contribution in [0.4, 0.5) is 14.5 Å². The van der Waals surface area contributed by atoms with Crippen molar-refractivity contribution in [2.45, 2.75) is 0 Å². The Hall–Kier alpha value is -7.69. The third kappa shape index (κ3) is 3.94. The maximum absolute atomic E-state index is 16.1. The molecule has 0 atom stereocenters. The Morgan fingerprint density at radius 3 is 1.50 bits per heavy atom. The van der Waals surface area contributed by atoms with Crippen molar-refractivity contribution in [2.75, 3.05) is 0 Å². The van der Waals surface area contributed by atoms with E-state index in [9.17, 15) is 0 Å². The molecule has 0 unspecified atom stereocenters. The third-order valence-corrected chi connectivity index (χ3v) is 11.3. The number of rotatable bonds is 3. The second-order valence-electron chi connectivity index (χ2n) is 14.1. The Labute approximate surface area is 316 Å². The quantitative estimate of drug-likeness (QED) is 0.170. The highest BCUT2D eigenvalue weighted by molar-refractivity contribution is 6.24. The van der Waals surface area contributed by atoms with Crippen molar-refractivity contribution in [1.29, 1.82) is 0 Å². The molecule has 0 aliphatic carbocycles. The van der Waals surface area contributed by atoms with Gasteiger partial charge >= 0.3 is 0 Å². The Kier molecular flexibility index (Phi) is 6.13. The van der Waals surface area contributed by atoms with Gasteiger partial charge in [-0.15, -0.1) is 0 Å². The first-order valence-electron chi connectivity index (χ1n) is 18.3. The van der Waals surface area contributed by atoms with Gasteiger partial charge in [0, 0.05) is 48.7 Å². The Balaban J connectivity index is 1.31. The summed E-state index contributed by atoms with van der Waals surface area (Å²) in [5.41, 5.74) is 6.97. The zero-order valence-corrected chi connectivity index (χ0v) is 29.3. The van der Waals surface area contributed by atoms with Gasteiger partial charge in [-0.25, -0.2) is 13.6 Å². The minimum atomic E-state index is -0.731. The minimum Gasteiger partial charge on any atom is -0.454 e. The zero-order valence-electron chi connectivity index (χ0n) is 29.3. The van der Waals surface area contributed by atoms with Gasteiger partial charge in [-0.05, 0) is 54.6 Å². The molecule has 12 rings (SSSR count). The number of hydrogen-bond donors (Lipinski definition) is 0. The van der Waals surface area contributed by atoms with Crippen LogP contribution in [0.2, 0.25) is 0 Å². The standard InChI is InChI=1S/C49H25F2N3O2/c1-52-44-40(53-38-17-6-2-11-27(38)31-21-23-33-29-13-4-8-19-41(29)55-48(33)46(31)53)26-25-35(43-36(50)15-10-16-37(43)51)45(44)54-39-18-7-3-12-28(39)32-22-24-34-30-14-5-9-20-42(30)56-49(34)47(32)54/h2-26H. The second-order valence-corrected chi connectivity index (χ2v) is 14.1. The Morgan fingerprint density at radius 1 is 0.446 bits per heavy atom. The maximum atomic E-state index is 16.1. The highest BCUT2D eigenvalue weighted by Gasteiger charge is 2.29. The van der Waals surface area contributed by atoms with Gasteiger partial charge in [0.25, 0.3) is 0 Å². The third-order valence-electron chi connectivity index (χ3n) is 11.3. The van der Waals surface area contributed by atoms with Crippen LogP contribution in [-0.4, -0.2) is 9.13 Å². The number of fused-ring (bicyclic) bond motifs is 14. The van der Waals surface area contributed by atoms with E-state index in [-0.39, 0.29) is 16.8 Å². The molecular formula is C49H25F2N3O2. The first-order chi connectivity index (χ1) is 27.6. The van der Waals surface area contributed by atoms with Crippen molar-refractivity contribution in [3.05, 3.63) is 175 Å². The summed E-state index contributed by atoms with van der Waals surface area (Å²) in [5, 5.41) is 7.49. The van der Waals surface area contributed by atoms with Gasteiger partial charge in [0.2, 0.25) is 5.69 Å². The highest BCUT2D eigenvalue weighted by atomic mass is 19.1. The summed E-state index contributed by atoms with van der Waals surface area (Å²) in [6.45, 7) is 8.99. The van der Waals surface area contributed by atoms with Crippen LogP contribution in [0.3, 0.4) is 0 Å². The molecule has 0 bridgehead atoms. The van der Waals surface area contributed by atoms with E-state index in [1.165, 1.54) is 18.2 Å². The smallest absolute Gasteiger partial charge is 0.234 e. The summed E-state index contributed by atoms with van der Waals surface area (Å²) in [4.78, 5) is 4.30. The molecule has 4 heterocycles. The van der Waals surface area contributed by atoms with Crippen molar-refractivity contribution in [3.8, 4) is 22.5 Å². The molecule has 262 valence electrons. The van der Waals surface area contributed by atoms with Crippen LogP contribution in [-0.2, 0) is 0 Å². The van der Waals surface area contributed by atoms with Crippen LogP contribution in [0.25, 0.3) is 115 Å². The van der Waals surface area contributed by atoms with Crippen LogP contribution < -0.4 is 0 Å². The van der Waals surface area contributed by atoms with E-state index in [2.05, 4.69) is 39.7 Å². The number of benzene rings is 8. The molecule has 4 aromatic heterocycles. The molecule has 12 aromatic rings. The van der Waals surface area contributed by atoms with E-state index in [1.54, 1.807) is 12.1 Å². The molecule has 0 N–H and O–H groups in total. The van der Waals surface area contributed by atoms with E-state index >= 15 is 8.78 Å². The molecule has 0 amide bonds. The minimum absolute atomic E-state index is 0.205. The van der Waals surface area contributed by atoms with Gasteiger partial charge in [0.1, 0.15) is 22.8 Å². The Bertz CT molecular complexity index is 3690. The summed E-state index contributed by atoms with van der Waals surface area (Å²) in [5.74, 6) is -1.46. The molecule has 8 aromatic carbocycles. The molecule has 7 heteroatoms. The summed E-state index contributed by atoms with van der Waals surface area (Å²) in [6, 6.07) is 47.5. The van der Waals surface area contributed by atoms with Crippen LogP contribution in [0.5, 0.6) is 0 Å². The van der Waals surface area contributed by atoms with Crippen molar-refractivity contribution >= 4 is 93.2 Å². The lowest BCUT2D eigenvalue weighted by molar-refractivity contribution is 0.589. The van der Waals surface area contributed by atoms with Crippen LogP contribution in [0.15, 0.2) is 160 Å². The maximum Gasteiger partial charge on any atom is 0.234 e. The monoisotopic (exact) mass is 725 g/mol. The van der Waals surface area contributed by atoms with E-state index in [0.29, 0.717) is 33.6 Å². The molecule has 0 aliphatic heterocycles. The fourth-order valence-corrected chi connectivity index (χ4v) is 8.99. The predicted octanol–water partition coefficient (Wildman–Crippen LogP) is 14.2. The summed E-state index contributed by atoms with van der Waals surface area (Å²) < 4.78 is 49.6. The highest BCUT2D eigenvalue weighted by Crippen LogP contribution is 2.49. The SMILES string of the molecule is [C-]#[N+]c1c(-n2c3ccccc3c3ccc4c5ccccc5oc4c32)ccc(-c2c(F)cccc2F)c1-n1c2ccccc2c2ccc3c4ccccc4oc3c21. The van der Waals surface area contributed by atoms with Crippen LogP contribution in [0.1, 0.15) is 0 Å². The lowest BCUT2D eigenvalue weighted by Crippen LogP contribution is -2.04. The van der Waals surface area contributed by atoms with Gasteiger partial charge in [-0.2, -0.15) is 0 Å². The first-order valence-corrected chi connectivity index (χ1v) is 18.3. The predicted molar refractivity (Wildman–Crippen MR) is 221 cm³/mol. The number of aromatic nitrogens is 2. The molecule has 56 heavy (non-hydrogen) atoms. The van der Waals surface area contributed by atoms with Gasteiger partial charge in [-0.3, -0.25) is 0 Å². The van der Waals surface area contributed by atoms with Crippen LogP contribution >= 0.6 is 0 Å². The largest absolute Gasteiger partial charge is 0.454 e. The number of para-hydroxylation sites is 4. The first kappa shape index (κ1) is 30.7. The number of hydrogen-bond acceptors (Lipinski definition) is 2. The average molecular weight is 726 g/mol. The second kappa shape index (κ2) is 11.2. The fraction of sp³-hybridized carbons (Fsp3) is 0. The summed E-state index contributed by atoms with van der Waals surface area (Å²) >= 11 is 0. The Morgan fingerprint density at radius 2 is 0.929 bits per heavy atom. The summed E-state index contributed by atoms with van der Waals surface area (Å²) in [6.07, 6.45) is 0. The number of halogens is 2.